The van der Waals surface area contributed by atoms with E-state index >= 15 is 0 Å². The van der Waals surface area contributed by atoms with Gasteiger partial charge in [-0.3, -0.25) is 14.9 Å². The second-order valence-electron chi connectivity index (χ2n) is 9.33. The Morgan fingerprint density at radius 1 is 0.930 bits per heavy atom. The number of hydrogen-bond donors (Lipinski definition) is 2. The quantitative estimate of drug-likeness (QED) is 0.121. The zero-order valence-electron chi connectivity index (χ0n) is 21.9. The fourth-order valence-electron chi connectivity index (χ4n) is 4.48. The lowest BCUT2D eigenvalue weighted by atomic mass is 10.1. The normalized spacial score (nSPS) is 11.0. The first kappa shape index (κ1) is 28.8. The minimum atomic E-state index is -0.458. The van der Waals surface area contributed by atoms with Crippen molar-refractivity contribution >= 4 is 89.9 Å². The topological polar surface area (TPSA) is 115 Å². The van der Waals surface area contributed by atoms with Crippen LogP contribution < -0.4 is 16.2 Å². The molecule has 0 bridgehead atoms. The lowest BCUT2D eigenvalue weighted by molar-refractivity contribution is -0.384. The number of aromatic nitrogens is 3. The van der Waals surface area contributed by atoms with Crippen LogP contribution in [0.15, 0.2) is 99.6 Å². The average molecular weight is 694 g/mol. The van der Waals surface area contributed by atoms with Crippen molar-refractivity contribution in [2.75, 3.05) is 10.6 Å². The molecule has 0 fully saturated rings. The summed E-state index contributed by atoms with van der Waals surface area (Å²) in [5.74, 6) is 0.965. The van der Waals surface area contributed by atoms with Crippen molar-refractivity contribution in [2.45, 2.75) is 6.42 Å². The minimum absolute atomic E-state index is 0.0133. The summed E-state index contributed by atoms with van der Waals surface area (Å²) < 4.78 is 2.27. The first-order valence-corrected chi connectivity index (χ1v) is 15.2. The van der Waals surface area contributed by atoms with Gasteiger partial charge in [-0.05, 0) is 54.1 Å². The number of nitro benzene ring substituents is 1. The Morgan fingerprint density at radius 2 is 1.67 bits per heavy atom. The van der Waals surface area contributed by atoms with Gasteiger partial charge in [0.05, 0.1) is 31.6 Å². The highest BCUT2D eigenvalue weighted by molar-refractivity contribution is 9.10. The summed E-state index contributed by atoms with van der Waals surface area (Å²) in [6, 6.07) is 24.3. The van der Waals surface area contributed by atoms with Gasteiger partial charge in [0.1, 0.15) is 11.6 Å². The Balaban J connectivity index is 1.41. The molecule has 9 nitrogen and oxygen atoms in total. The van der Waals surface area contributed by atoms with Gasteiger partial charge >= 0.3 is 0 Å². The van der Waals surface area contributed by atoms with Crippen LogP contribution in [0.3, 0.4) is 0 Å². The van der Waals surface area contributed by atoms with Crippen LogP contribution in [0.2, 0.25) is 10.0 Å². The van der Waals surface area contributed by atoms with Gasteiger partial charge in [-0.1, -0.05) is 63.4 Å². The number of thiazole rings is 1. The monoisotopic (exact) mass is 692 g/mol. The molecule has 0 aliphatic heterocycles. The van der Waals surface area contributed by atoms with E-state index < -0.39 is 4.92 Å². The number of rotatable bonds is 8. The molecule has 0 unspecified atom stereocenters. The van der Waals surface area contributed by atoms with Crippen molar-refractivity contribution in [3.05, 3.63) is 137 Å². The van der Waals surface area contributed by atoms with Crippen LogP contribution in [0.1, 0.15) is 11.4 Å². The smallest absolute Gasteiger partial charge is 0.269 e. The molecule has 2 aromatic heterocycles. The molecule has 0 aliphatic rings. The molecule has 13 heteroatoms. The minimum Gasteiger partial charge on any atom is -0.353 e. The maximum absolute atomic E-state index is 14.0. The summed E-state index contributed by atoms with van der Waals surface area (Å²) in [4.78, 5) is 34.1. The Kier molecular flexibility index (Phi) is 8.13. The van der Waals surface area contributed by atoms with E-state index in [-0.39, 0.29) is 17.7 Å². The fourth-order valence-corrected chi connectivity index (χ4v) is 6.10. The van der Waals surface area contributed by atoms with E-state index in [0.29, 0.717) is 49.1 Å². The first-order chi connectivity index (χ1) is 20.8. The maximum atomic E-state index is 14.0. The third kappa shape index (κ3) is 6.11. The predicted molar refractivity (Wildman–Crippen MR) is 176 cm³/mol. The highest BCUT2D eigenvalue weighted by Gasteiger charge is 2.18. The zero-order valence-corrected chi connectivity index (χ0v) is 25.8. The second kappa shape index (κ2) is 12.1. The standard InChI is InChI=1S/C30H19BrCl2N6O3S/c31-18-8-13-25-21(15-18)29(40)38(30-37-26(16-43-30)34-19-9-11-20(12-10-19)39(41)42)27(35-25)14-17-4-1-2-7-24(17)36-28-22(32)5-3-6-23(28)33/h1-13,15-16,34,36H,14H2. The number of nitrogens with zero attached hydrogens (tertiary/aromatic N) is 4. The molecule has 2 heterocycles. The van der Waals surface area contributed by atoms with Crippen LogP contribution >= 0.6 is 50.5 Å². The summed E-state index contributed by atoms with van der Waals surface area (Å²) >= 11 is 17.6. The molecule has 4 aromatic carbocycles. The number of hydrogen-bond acceptors (Lipinski definition) is 8. The van der Waals surface area contributed by atoms with E-state index in [4.69, 9.17) is 28.2 Å². The molecule has 0 amide bonds. The Morgan fingerprint density at radius 3 is 2.42 bits per heavy atom. The first-order valence-electron chi connectivity index (χ1n) is 12.7. The number of nitrogens with one attached hydrogen (secondary N) is 2. The van der Waals surface area contributed by atoms with Crippen molar-refractivity contribution in [1.29, 1.82) is 0 Å². The summed E-state index contributed by atoms with van der Waals surface area (Å²) in [6.07, 6.45) is 0.289. The van der Waals surface area contributed by atoms with Gasteiger partial charge < -0.3 is 10.6 Å². The third-order valence-corrected chi connectivity index (χ3v) is 8.47. The molecule has 0 saturated heterocycles. The van der Waals surface area contributed by atoms with Crippen molar-refractivity contribution < 1.29 is 4.92 Å². The van der Waals surface area contributed by atoms with Gasteiger partial charge in [-0.15, -0.1) is 11.3 Å². The molecular formula is C30H19BrCl2N6O3S. The highest BCUT2D eigenvalue weighted by atomic mass is 79.9. The summed E-state index contributed by atoms with van der Waals surface area (Å²) in [7, 11) is 0. The van der Waals surface area contributed by atoms with Crippen LogP contribution in [-0.4, -0.2) is 19.5 Å². The van der Waals surface area contributed by atoms with Crippen LogP contribution in [-0.2, 0) is 6.42 Å². The van der Waals surface area contributed by atoms with Crippen molar-refractivity contribution in [2.24, 2.45) is 0 Å². The van der Waals surface area contributed by atoms with Gasteiger partial charge in [0, 0.05) is 39.8 Å². The van der Waals surface area contributed by atoms with E-state index in [9.17, 15) is 14.9 Å². The molecule has 0 saturated carbocycles. The number of anilines is 4. The summed E-state index contributed by atoms with van der Waals surface area (Å²) in [5.41, 5.74) is 3.09. The van der Waals surface area contributed by atoms with Crippen LogP contribution in [0.25, 0.3) is 16.0 Å². The second-order valence-corrected chi connectivity index (χ2v) is 11.9. The number of nitro groups is 1. The average Bonchev–Trinajstić information content (AvgIpc) is 3.44. The lowest BCUT2D eigenvalue weighted by Crippen LogP contribution is -2.24. The number of fused-ring (bicyclic) bond motifs is 1. The van der Waals surface area contributed by atoms with Crippen molar-refractivity contribution in [3.8, 4) is 5.13 Å². The summed E-state index contributed by atoms with van der Waals surface area (Å²) in [5, 5.41) is 21.1. The molecular weight excluding hydrogens is 675 g/mol. The molecule has 43 heavy (non-hydrogen) atoms. The van der Waals surface area contributed by atoms with Crippen LogP contribution in [0.5, 0.6) is 0 Å². The number of para-hydroxylation sites is 2. The van der Waals surface area contributed by atoms with E-state index in [1.54, 1.807) is 47.8 Å². The molecule has 0 atom stereocenters. The SMILES string of the molecule is O=c1c2cc(Br)ccc2nc(Cc2ccccc2Nc2c(Cl)cccc2Cl)n1-c1nc(Nc2ccc([N+](=O)[O-])cc2)cs1. The van der Waals surface area contributed by atoms with Gasteiger partial charge in [-0.25, -0.2) is 14.5 Å². The molecule has 0 aliphatic carbocycles. The number of benzene rings is 4. The van der Waals surface area contributed by atoms with Gasteiger partial charge in [0.15, 0.2) is 5.13 Å². The molecule has 0 radical (unpaired) electrons. The predicted octanol–water partition coefficient (Wildman–Crippen LogP) is 8.90. The molecule has 6 aromatic rings. The van der Waals surface area contributed by atoms with E-state index in [1.165, 1.54) is 28.0 Å². The molecule has 2 N–H and O–H groups in total. The van der Waals surface area contributed by atoms with Crippen molar-refractivity contribution in [1.82, 2.24) is 14.5 Å². The highest BCUT2D eigenvalue weighted by Crippen LogP contribution is 2.34. The van der Waals surface area contributed by atoms with Crippen LogP contribution in [0.4, 0.5) is 28.6 Å². The summed E-state index contributed by atoms with van der Waals surface area (Å²) in [6.45, 7) is 0. The van der Waals surface area contributed by atoms with Crippen LogP contribution in [0, 0.1) is 10.1 Å². The van der Waals surface area contributed by atoms with E-state index in [0.717, 1.165) is 15.7 Å². The Labute approximate surface area is 267 Å². The molecule has 0 spiro atoms. The Hall–Kier alpha value is -4.29. The van der Waals surface area contributed by atoms with E-state index in [2.05, 4.69) is 31.5 Å². The molecule has 6 rings (SSSR count). The van der Waals surface area contributed by atoms with E-state index in [1.807, 2.05) is 30.3 Å². The van der Waals surface area contributed by atoms with Crippen molar-refractivity contribution in [3.63, 3.8) is 0 Å². The number of non-ortho nitro benzene ring substituents is 1. The van der Waals surface area contributed by atoms with Gasteiger partial charge in [-0.2, -0.15) is 0 Å². The molecule has 214 valence electrons. The largest absolute Gasteiger partial charge is 0.353 e. The maximum Gasteiger partial charge on any atom is 0.269 e. The Bertz CT molecular complexity index is 2050. The lowest BCUT2D eigenvalue weighted by Gasteiger charge is -2.16. The number of halogens is 3. The zero-order chi connectivity index (χ0) is 30.1. The van der Waals surface area contributed by atoms with Gasteiger partial charge in [0.25, 0.3) is 11.2 Å². The van der Waals surface area contributed by atoms with Gasteiger partial charge in [0.2, 0.25) is 0 Å². The third-order valence-electron chi connectivity index (χ3n) is 6.52. The fraction of sp³-hybridized carbons (Fsp3) is 0.0333.